The number of imidazole rings is 1. The Balaban J connectivity index is 1.71. The number of anilines is 1. The first-order valence-electron chi connectivity index (χ1n) is 12.7. The fraction of sp³-hybridized carbons (Fsp3) is 0.640. The number of ether oxygens (including phenoxy) is 3. The second-order valence-electron chi connectivity index (χ2n) is 8.86. The van der Waals surface area contributed by atoms with Gasteiger partial charge < -0.3 is 19.3 Å². The number of aromatic nitrogens is 4. The van der Waals surface area contributed by atoms with Gasteiger partial charge in [0.1, 0.15) is 12.3 Å². The number of hydrogen-bond donors (Lipinski definition) is 2. The fourth-order valence-electron chi connectivity index (χ4n) is 4.26. The van der Waals surface area contributed by atoms with Crippen LogP contribution < -0.4 is 5.32 Å². The molecule has 3 rings (SSSR count). The van der Waals surface area contributed by atoms with Crippen molar-refractivity contribution in [2.24, 2.45) is 0 Å². The SMILES string of the molecule is C#C[C@]1(CO)O[C@@H](n2cnc3c(NC(=O)OCC)nc(F)nc32)C[C@@H]1OC(=O)CCCCCCCCC. The largest absolute Gasteiger partial charge is 0.458 e. The van der Waals surface area contributed by atoms with Crippen LogP contribution in [0.2, 0.25) is 0 Å². The van der Waals surface area contributed by atoms with E-state index in [1.807, 2.05) is 0 Å². The van der Waals surface area contributed by atoms with E-state index in [-0.39, 0.29) is 36.4 Å². The second-order valence-corrected chi connectivity index (χ2v) is 8.86. The first-order chi connectivity index (χ1) is 17.9. The minimum absolute atomic E-state index is 0.0169. The van der Waals surface area contributed by atoms with Crippen molar-refractivity contribution >= 4 is 29.0 Å². The van der Waals surface area contributed by atoms with Gasteiger partial charge >= 0.3 is 18.1 Å². The van der Waals surface area contributed by atoms with Gasteiger partial charge in [-0.15, -0.1) is 6.42 Å². The summed E-state index contributed by atoms with van der Waals surface area (Å²) in [6.07, 6.45) is 11.0. The van der Waals surface area contributed by atoms with Gasteiger partial charge in [0.15, 0.2) is 22.6 Å². The molecule has 1 saturated heterocycles. The predicted octanol–water partition coefficient (Wildman–Crippen LogP) is 3.87. The molecule has 2 aromatic rings. The van der Waals surface area contributed by atoms with Crippen molar-refractivity contribution in [3.05, 3.63) is 12.4 Å². The molecule has 1 aliphatic rings. The van der Waals surface area contributed by atoms with Crippen LogP contribution in [0.25, 0.3) is 11.2 Å². The number of aliphatic hydroxyl groups is 1. The standard InChI is InChI=1S/C25H34FN5O6/c1-4-7-8-9-10-11-12-13-19(33)36-17-14-18(37-25(17,5-2)15-32)31-16-27-20-21(29-24(34)35-6-3)28-23(26)30-22(20)31/h2,16-18,32H,4,6-15H2,1,3H3,(H,28,29,30,34)/t17-,18+,25+/m0/s1. The number of carbonyl (C=O) groups excluding carboxylic acids is 2. The highest BCUT2D eigenvalue weighted by Gasteiger charge is 2.51. The van der Waals surface area contributed by atoms with Crippen molar-refractivity contribution < 1.29 is 33.3 Å². The third-order valence-electron chi connectivity index (χ3n) is 6.22. The van der Waals surface area contributed by atoms with Gasteiger partial charge in [0.25, 0.3) is 0 Å². The van der Waals surface area contributed by atoms with Crippen molar-refractivity contribution in [2.45, 2.75) is 89.6 Å². The lowest BCUT2D eigenvalue weighted by Gasteiger charge is -2.26. The molecule has 11 nitrogen and oxygen atoms in total. The van der Waals surface area contributed by atoms with Gasteiger partial charge in [-0.05, 0) is 13.3 Å². The molecular formula is C25H34FN5O6. The van der Waals surface area contributed by atoms with E-state index in [0.29, 0.717) is 6.42 Å². The summed E-state index contributed by atoms with van der Waals surface area (Å²) in [6.45, 7) is 3.30. The molecule has 0 bridgehead atoms. The number of terminal acetylenes is 1. The lowest BCUT2D eigenvalue weighted by molar-refractivity contribution is -0.158. The molecule has 1 amide bonds. The molecule has 0 unspecified atom stereocenters. The number of nitrogens with one attached hydrogen (secondary N) is 1. The van der Waals surface area contributed by atoms with Crippen molar-refractivity contribution in [2.75, 3.05) is 18.5 Å². The van der Waals surface area contributed by atoms with E-state index in [1.54, 1.807) is 6.92 Å². The molecule has 3 atom stereocenters. The summed E-state index contributed by atoms with van der Waals surface area (Å²) in [5, 5.41) is 12.4. The van der Waals surface area contributed by atoms with E-state index in [0.717, 1.165) is 19.3 Å². The summed E-state index contributed by atoms with van der Waals surface area (Å²) in [5.74, 6) is 1.81. The molecule has 0 spiro atoms. The van der Waals surface area contributed by atoms with Crippen LogP contribution in [0.15, 0.2) is 6.33 Å². The summed E-state index contributed by atoms with van der Waals surface area (Å²) in [4.78, 5) is 35.9. The summed E-state index contributed by atoms with van der Waals surface area (Å²) in [7, 11) is 0. The van der Waals surface area contributed by atoms with Crippen LogP contribution in [0.5, 0.6) is 0 Å². The van der Waals surface area contributed by atoms with Gasteiger partial charge in [-0.1, -0.05) is 51.4 Å². The number of hydrogen-bond acceptors (Lipinski definition) is 9. The highest BCUT2D eigenvalue weighted by atomic mass is 19.1. The van der Waals surface area contributed by atoms with Gasteiger partial charge in [-0.3, -0.25) is 14.7 Å². The number of fused-ring (bicyclic) bond motifs is 1. The minimum Gasteiger partial charge on any atom is -0.458 e. The second kappa shape index (κ2) is 13.3. The Kier molecular flexibility index (Phi) is 10.2. The average molecular weight is 520 g/mol. The molecular weight excluding hydrogens is 485 g/mol. The number of carbonyl (C=O) groups is 2. The zero-order valence-electron chi connectivity index (χ0n) is 21.2. The van der Waals surface area contributed by atoms with Gasteiger partial charge in [0.05, 0.1) is 19.5 Å². The molecule has 2 aromatic heterocycles. The van der Waals surface area contributed by atoms with E-state index in [9.17, 15) is 19.1 Å². The number of amides is 1. The maximum atomic E-state index is 14.2. The first kappa shape index (κ1) is 28.3. The van der Waals surface area contributed by atoms with Crippen molar-refractivity contribution in [1.82, 2.24) is 19.5 Å². The van der Waals surface area contributed by atoms with Gasteiger partial charge in [-0.25, -0.2) is 9.78 Å². The zero-order chi connectivity index (χ0) is 26.8. The topological polar surface area (TPSA) is 138 Å². The third kappa shape index (κ3) is 6.93. The van der Waals surface area contributed by atoms with Gasteiger partial charge in [0.2, 0.25) is 0 Å². The van der Waals surface area contributed by atoms with E-state index >= 15 is 0 Å². The van der Waals surface area contributed by atoms with Gasteiger partial charge in [0, 0.05) is 12.8 Å². The van der Waals surface area contributed by atoms with E-state index < -0.39 is 42.7 Å². The molecule has 37 heavy (non-hydrogen) atoms. The summed E-state index contributed by atoms with van der Waals surface area (Å²) in [6, 6.07) is 0. The third-order valence-corrected chi connectivity index (χ3v) is 6.22. The monoisotopic (exact) mass is 519 g/mol. The van der Waals surface area contributed by atoms with Crippen LogP contribution in [0.3, 0.4) is 0 Å². The fourth-order valence-corrected chi connectivity index (χ4v) is 4.26. The molecule has 1 fully saturated rings. The number of rotatable bonds is 13. The first-order valence-corrected chi connectivity index (χ1v) is 12.7. The van der Waals surface area contributed by atoms with E-state index in [4.69, 9.17) is 20.6 Å². The predicted molar refractivity (Wildman–Crippen MR) is 132 cm³/mol. The van der Waals surface area contributed by atoms with Crippen LogP contribution in [0, 0.1) is 18.4 Å². The summed E-state index contributed by atoms with van der Waals surface area (Å²) < 4.78 is 32.0. The molecule has 0 aromatic carbocycles. The Morgan fingerprint density at radius 3 is 2.68 bits per heavy atom. The molecule has 0 aliphatic carbocycles. The number of aliphatic hydroxyl groups excluding tert-OH is 1. The zero-order valence-corrected chi connectivity index (χ0v) is 21.2. The van der Waals surface area contributed by atoms with Crippen molar-refractivity contribution in [3.8, 4) is 12.3 Å². The van der Waals surface area contributed by atoms with Crippen molar-refractivity contribution in [3.63, 3.8) is 0 Å². The molecule has 2 N–H and O–H groups in total. The lowest BCUT2D eigenvalue weighted by Crippen LogP contribution is -2.44. The molecule has 12 heteroatoms. The number of nitrogens with zero attached hydrogens (tertiary/aromatic N) is 4. The minimum atomic E-state index is -1.59. The summed E-state index contributed by atoms with van der Waals surface area (Å²) >= 11 is 0. The van der Waals surface area contributed by atoms with Crippen molar-refractivity contribution in [1.29, 1.82) is 0 Å². The Morgan fingerprint density at radius 1 is 1.27 bits per heavy atom. The quantitative estimate of drug-likeness (QED) is 0.175. The molecule has 0 saturated carbocycles. The molecule has 202 valence electrons. The van der Waals surface area contributed by atoms with Crippen LogP contribution in [-0.2, 0) is 19.0 Å². The lowest BCUT2D eigenvalue weighted by atomic mass is 9.98. The van der Waals surface area contributed by atoms with E-state index in [1.165, 1.54) is 30.2 Å². The highest BCUT2D eigenvalue weighted by molar-refractivity contribution is 5.93. The normalized spacial score (nSPS) is 21.1. The Hall–Kier alpha value is -3.30. The molecule has 3 heterocycles. The number of halogens is 1. The number of esters is 1. The smallest absolute Gasteiger partial charge is 0.412 e. The van der Waals surface area contributed by atoms with Crippen LogP contribution in [-0.4, -0.2) is 61.6 Å². The maximum Gasteiger partial charge on any atom is 0.412 e. The Morgan fingerprint density at radius 2 is 2.00 bits per heavy atom. The maximum absolute atomic E-state index is 14.2. The number of unbranched alkanes of at least 4 members (excludes halogenated alkanes) is 6. The average Bonchev–Trinajstić information content (AvgIpc) is 3.45. The highest BCUT2D eigenvalue weighted by Crippen LogP contribution is 2.40. The van der Waals surface area contributed by atoms with Crippen LogP contribution in [0.1, 0.15) is 77.9 Å². The Labute approximate surface area is 215 Å². The van der Waals surface area contributed by atoms with Crippen LogP contribution >= 0.6 is 0 Å². The van der Waals surface area contributed by atoms with Crippen LogP contribution in [0.4, 0.5) is 15.0 Å². The van der Waals surface area contributed by atoms with E-state index in [2.05, 4.69) is 33.1 Å². The Bertz CT molecular complexity index is 1120. The molecule has 1 aliphatic heterocycles. The molecule has 0 radical (unpaired) electrons. The van der Waals surface area contributed by atoms with Gasteiger partial charge in [-0.2, -0.15) is 14.4 Å². The summed E-state index contributed by atoms with van der Waals surface area (Å²) in [5.41, 5.74) is -1.48.